The maximum absolute atomic E-state index is 12.1. The molecule has 6 rings (SSSR count). The Bertz CT molecular complexity index is 1680. The molecule has 0 aromatic rings. The van der Waals surface area contributed by atoms with Crippen molar-refractivity contribution in [3.63, 3.8) is 0 Å². The zero-order valence-electron chi connectivity index (χ0n) is 37.0. The molecule has 3 fully saturated rings. The zero-order valence-corrected chi connectivity index (χ0v) is 37.0. The van der Waals surface area contributed by atoms with Gasteiger partial charge in [-0.2, -0.15) is 0 Å². The zero-order chi connectivity index (χ0) is 47.8. The van der Waals surface area contributed by atoms with E-state index in [4.69, 9.17) is 53.2 Å². The number of carboxylic acids is 1. The molecular formula is C46H62O20. The minimum atomic E-state index is -1.04. The molecule has 0 amide bonds. The lowest BCUT2D eigenvalue weighted by Crippen LogP contribution is -2.23. The summed E-state index contributed by atoms with van der Waals surface area (Å²) >= 11 is 0. The Kier molecular flexibility index (Phi) is 22.8. The third kappa shape index (κ3) is 18.7. The van der Waals surface area contributed by atoms with E-state index in [2.05, 4.69) is 36.5 Å². The molecule has 0 saturated heterocycles. The fourth-order valence-corrected chi connectivity index (χ4v) is 8.66. The number of aliphatic carboxylic acids is 1. The van der Waals surface area contributed by atoms with Gasteiger partial charge in [0, 0.05) is 0 Å². The number of carbonyl (C=O) groups excluding carboxylic acids is 8. The van der Waals surface area contributed by atoms with E-state index in [9.17, 15) is 43.2 Å². The first-order chi connectivity index (χ1) is 31.8. The maximum Gasteiger partial charge on any atom is 0.309 e. The molecule has 6 bridgehead atoms. The van der Waals surface area contributed by atoms with Crippen LogP contribution in [0.5, 0.6) is 0 Å². The Balaban J connectivity index is 0.000000328. The number of hydrogen-bond acceptors (Lipinski definition) is 19. The second-order valence-corrected chi connectivity index (χ2v) is 16.6. The summed E-state index contributed by atoms with van der Waals surface area (Å²) in [6, 6.07) is 0. The van der Waals surface area contributed by atoms with Crippen LogP contribution in [-0.4, -0.2) is 135 Å². The second kappa shape index (κ2) is 28.4. The number of fused-ring (bicyclic) bond motifs is 6. The molecule has 66 heavy (non-hydrogen) atoms. The summed E-state index contributed by atoms with van der Waals surface area (Å²) in [4.78, 5) is 105. The fourth-order valence-electron chi connectivity index (χ4n) is 8.66. The molecule has 0 radical (unpaired) electrons. The highest BCUT2D eigenvalue weighted by Gasteiger charge is 2.42. The number of carbonyl (C=O) groups is 9. The Labute approximate surface area is 382 Å². The van der Waals surface area contributed by atoms with Crippen LogP contribution in [0.4, 0.5) is 0 Å². The summed E-state index contributed by atoms with van der Waals surface area (Å²) in [5.41, 5.74) is 0. The molecule has 0 spiro atoms. The normalized spacial score (nSPS) is 25.1. The predicted octanol–water partition coefficient (Wildman–Crippen LogP) is 2.35. The van der Waals surface area contributed by atoms with E-state index >= 15 is 0 Å². The predicted molar refractivity (Wildman–Crippen MR) is 224 cm³/mol. The van der Waals surface area contributed by atoms with E-state index in [-0.39, 0.29) is 152 Å². The Hall–Kier alpha value is -5.63. The van der Waals surface area contributed by atoms with E-state index in [1.54, 1.807) is 0 Å². The fraction of sp³-hybridized carbons (Fsp3) is 0.674. The average molecular weight is 935 g/mol. The van der Waals surface area contributed by atoms with Crippen molar-refractivity contribution < 1.29 is 96.4 Å². The number of hydrogen-bond donors (Lipinski definition) is 3. The molecule has 366 valence electrons. The number of carboxylic acid groups (broad SMARTS) is 1. The largest absolute Gasteiger partial charge is 0.481 e. The molecule has 6 aliphatic carbocycles. The number of allylic oxidation sites excluding steroid dienone is 6. The summed E-state index contributed by atoms with van der Waals surface area (Å²) in [6.45, 7) is -0.923. The van der Waals surface area contributed by atoms with Crippen molar-refractivity contribution in [1.29, 1.82) is 0 Å². The topological polar surface area (TPSA) is 288 Å². The van der Waals surface area contributed by atoms with Gasteiger partial charge in [0.25, 0.3) is 0 Å². The van der Waals surface area contributed by atoms with Gasteiger partial charge in [0.05, 0.1) is 69.5 Å². The second-order valence-electron chi connectivity index (χ2n) is 16.6. The number of aliphatic hydroxyl groups excluding tert-OH is 2. The maximum atomic E-state index is 12.1. The Morgan fingerprint density at radius 3 is 0.788 bits per heavy atom. The molecular weight excluding hydrogens is 872 g/mol. The summed E-state index contributed by atoms with van der Waals surface area (Å²) in [6.07, 6.45) is 16.8. The Morgan fingerprint density at radius 2 is 0.591 bits per heavy atom. The first kappa shape index (κ1) is 53.0. The van der Waals surface area contributed by atoms with Gasteiger partial charge in [-0.25, -0.2) is 0 Å². The molecule has 20 heteroatoms. The van der Waals surface area contributed by atoms with Gasteiger partial charge in [0.15, 0.2) is 0 Å². The van der Waals surface area contributed by atoms with E-state index in [0.717, 1.165) is 38.5 Å². The third-order valence-corrected chi connectivity index (χ3v) is 11.8. The van der Waals surface area contributed by atoms with E-state index in [1.807, 2.05) is 0 Å². The highest BCUT2D eigenvalue weighted by atomic mass is 16.6. The van der Waals surface area contributed by atoms with E-state index in [0.29, 0.717) is 23.7 Å². The van der Waals surface area contributed by atoms with Gasteiger partial charge in [0.1, 0.15) is 52.9 Å². The van der Waals surface area contributed by atoms with Crippen LogP contribution in [0, 0.1) is 53.3 Å². The molecule has 9 unspecified atom stereocenters. The minimum Gasteiger partial charge on any atom is -0.481 e. The molecule has 3 N–H and O–H groups in total. The van der Waals surface area contributed by atoms with Crippen LogP contribution in [-0.2, 0) is 81.0 Å². The van der Waals surface area contributed by atoms with Gasteiger partial charge >= 0.3 is 53.7 Å². The highest BCUT2D eigenvalue weighted by molar-refractivity contribution is 5.79. The van der Waals surface area contributed by atoms with E-state index in [1.165, 1.54) is 0 Å². The quantitative estimate of drug-likeness (QED) is 0.0512. The highest BCUT2D eigenvalue weighted by Crippen LogP contribution is 2.45. The van der Waals surface area contributed by atoms with Gasteiger partial charge in [-0.15, -0.1) is 0 Å². The molecule has 6 aliphatic rings. The van der Waals surface area contributed by atoms with Gasteiger partial charge in [-0.05, 0) is 74.0 Å². The van der Waals surface area contributed by atoms with Crippen LogP contribution < -0.4 is 0 Å². The lowest BCUT2D eigenvalue weighted by molar-refractivity contribution is -0.158. The van der Waals surface area contributed by atoms with Crippen LogP contribution in [0.15, 0.2) is 36.5 Å². The molecule has 20 nitrogen and oxygen atoms in total. The SMILES string of the molecule is O=C(CCC(=O)OCCOC(=O)C1CC2C=CC1C2)OCCOC(=O)CCC(=O)OCCOC(=O)C1CC2C=CC1C2.O=C(O)CCC(=O)OCCOC(=O)C1CC2C=CC1C2.OCCO. The van der Waals surface area contributed by atoms with Gasteiger partial charge in [-0.1, -0.05) is 36.5 Å². The molecule has 0 aromatic heterocycles. The van der Waals surface area contributed by atoms with Crippen molar-refractivity contribution >= 4 is 53.7 Å². The van der Waals surface area contributed by atoms with Crippen LogP contribution in [0.1, 0.15) is 77.0 Å². The Morgan fingerprint density at radius 1 is 0.348 bits per heavy atom. The first-order valence-corrected chi connectivity index (χ1v) is 22.5. The average Bonchev–Trinajstić information content (AvgIpc) is 4.20. The van der Waals surface area contributed by atoms with Crippen molar-refractivity contribution in [1.82, 2.24) is 0 Å². The summed E-state index contributed by atoms with van der Waals surface area (Å²) in [5, 5.41) is 23.6. The summed E-state index contributed by atoms with van der Waals surface area (Å²) < 4.78 is 40.0. The standard InChI is InChI=1S/C30H38O12.C14H18O6.C2H6O2/c31-25(5-7-27(33)39-11-13-41-29(35)23-17-19-1-3-21(23)15-19)37-9-10-38-26(32)6-8-28(34)40-12-14-42-30(36)24-18-20-2-4-22(24)16-20;15-12(16)3-4-13(17)19-5-6-20-14(18)11-8-9-1-2-10(11)7-9;3-1-2-4/h1-4,19-24H,5-18H2;1-2,9-11H,3-8H2,(H,15,16);3-4H,1-2H2. The monoisotopic (exact) mass is 934 g/mol. The number of aliphatic hydroxyl groups is 2. The van der Waals surface area contributed by atoms with E-state index < -0.39 is 35.8 Å². The lowest BCUT2D eigenvalue weighted by Gasteiger charge is -2.16. The number of ether oxygens (including phenoxy) is 8. The third-order valence-electron chi connectivity index (χ3n) is 11.8. The molecule has 0 heterocycles. The summed E-state index contributed by atoms with van der Waals surface area (Å²) in [7, 11) is 0. The van der Waals surface area contributed by atoms with Crippen molar-refractivity contribution in [3.8, 4) is 0 Å². The number of esters is 8. The van der Waals surface area contributed by atoms with Crippen LogP contribution >= 0.6 is 0 Å². The lowest BCUT2D eigenvalue weighted by atomic mass is 9.94. The van der Waals surface area contributed by atoms with Gasteiger partial charge < -0.3 is 53.2 Å². The van der Waals surface area contributed by atoms with Crippen LogP contribution in [0.25, 0.3) is 0 Å². The molecule has 9 atom stereocenters. The van der Waals surface area contributed by atoms with Gasteiger partial charge in [0.2, 0.25) is 0 Å². The van der Waals surface area contributed by atoms with Gasteiger partial charge in [-0.3, -0.25) is 43.2 Å². The first-order valence-electron chi connectivity index (χ1n) is 22.5. The van der Waals surface area contributed by atoms with Crippen LogP contribution in [0.3, 0.4) is 0 Å². The molecule has 0 aromatic carbocycles. The van der Waals surface area contributed by atoms with Crippen LogP contribution in [0.2, 0.25) is 0 Å². The molecule has 3 saturated carbocycles. The van der Waals surface area contributed by atoms with Crippen molar-refractivity contribution in [2.24, 2.45) is 53.3 Å². The smallest absolute Gasteiger partial charge is 0.309 e. The number of rotatable bonds is 25. The minimum absolute atomic E-state index is 0.0231. The van der Waals surface area contributed by atoms with Crippen molar-refractivity contribution in [2.75, 3.05) is 66.1 Å². The molecule has 0 aliphatic heterocycles. The van der Waals surface area contributed by atoms with Crippen molar-refractivity contribution in [3.05, 3.63) is 36.5 Å². The summed E-state index contributed by atoms with van der Waals surface area (Å²) in [5.74, 6) is -3.10. The van der Waals surface area contributed by atoms with Crippen molar-refractivity contribution in [2.45, 2.75) is 77.0 Å².